The highest BCUT2D eigenvalue weighted by Crippen LogP contribution is 2.43. The fourth-order valence-corrected chi connectivity index (χ4v) is 3.77. The zero-order valence-electron chi connectivity index (χ0n) is 13.1. The van der Waals surface area contributed by atoms with Gasteiger partial charge in [-0.25, -0.2) is 4.79 Å². The third-order valence-electron chi connectivity index (χ3n) is 5.15. The van der Waals surface area contributed by atoms with E-state index in [1.807, 2.05) is 35.2 Å². The molecule has 118 valence electrons. The van der Waals surface area contributed by atoms with E-state index in [0.717, 1.165) is 38.2 Å². The van der Waals surface area contributed by atoms with Crippen molar-refractivity contribution in [3.05, 3.63) is 60.2 Å². The van der Waals surface area contributed by atoms with E-state index in [4.69, 9.17) is 0 Å². The molecule has 2 aromatic rings. The number of nitrogens with one attached hydrogen (secondary N) is 2. The van der Waals surface area contributed by atoms with E-state index < -0.39 is 0 Å². The van der Waals surface area contributed by atoms with Crippen LogP contribution in [-0.4, -0.2) is 30.6 Å². The number of nitrogens with zero attached hydrogens (tertiary/aromatic N) is 1. The van der Waals surface area contributed by atoms with Crippen LogP contribution in [0.15, 0.2) is 54.6 Å². The lowest BCUT2D eigenvalue weighted by Crippen LogP contribution is -2.47. The molecule has 2 aliphatic heterocycles. The molecular weight excluding hydrogens is 286 g/mol. The standard InChI is InChI=1S/C19H21N3O/c23-18(21-15-6-2-1-3-7-15)22-12-10-19(11-13-22)14-20-17-9-5-4-8-16(17)19/h1-9,20H,10-14H2,(H,21,23). The first kappa shape index (κ1) is 14.1. The van der Waals surface area contributed by atoms with Crippen molar-refractivity contribution in [2.45, 2.75) is 18.3 Å². The lowest BCUT2D eigenvalue weighted by Gasteiger charge is -2.39. The number of carbonyl (C=O) groups excluding carboxylic acids is 1. The lowest BCUT2D eigenvalue weighted by atomic mass is 9.74. The van der Waals surface area contributed by atoms with Crippen molar-refractivity contribution in [1.29, 1.82) is 0 Å². The van der Waals surface area contributed by atoms with Crippen molar-refractivity contribution in [3.8, 4) is 0 Å². The topological polar surface area (TPSA) is 44.4 Å². The first-order valence-electron chi connectivity index (χ1n) is 8.21. The van der Waals surface area contributed by atoms with E-state index in [1.54, 1.807) is 0 Å². The summed E-state index contributed by atoms with van der Waals surface area (Å²) in [7, 11) is 0. The fourth-order valence-electron chi connectivity index (χ4n) is 3.77. The second-order valence-electron chi connectivity index (χ2n) is 6.46. The summed E-state index contributed by atoms with van der Waals surface area (Å²) in [6.07, 6.45) is 2.03. The van der Waals surface area contributed by atoms with Gasteiger partial charge in [0.25, 0.3) is 0 Å². The van der Waals surface area contributed by atoms with Gasteiger partial charge in [-0.3, -0.25) is 0 Å². The van der Waals surface area contributed by atoms with Crippen molar-refractivity contribution < 1.29 is 4.79 Å². The van der Waals surface area contributed by atoms with E-state index in [9.17, 15) is 4.79 Å². The summed E-state index contributed by atoms with van der Waals surface area (Å²) >= 11 is 0. The van der Waals surface area contributed by atoms with Gasteiger partial charge in [-0.15, -0.1) is 0 Å². The summed E-state index contributed by atoms with van der Waals surface area (Å²) in [6.45, 7) is 2.59. The average molecular weight is 307 g/mol. The number of hydrogen-bond acceptors (Lipinski definition) is 2. The van der Waals surface area contributed by atoms with Crippen LogP contribution in [0.4, 0.5) is 16.2 Å². The van der Waals surface area contributed by atoms with Gasteiger partial charge in [-0.2, -0.15) is 0 Å². The van der Waals surface area contributed by atoms with Crippen molar-refractivity contribution in [2.24, 2.45) is 0 Å². The highest BCUT2D eigenvalue weighted by Gasteiger charge is 2.41. The third-order valence-corrected chi connectivity index (χ3v) is 5.15. The summed E-state index contributed by atoms with van der Waals surface area (Å²) in [4.78, 5) is 14.3. The molecular formula is C19H21N3O. The van der Waals surface area contributed by atoms with E-state index in [-0.39, 0.29) is 11.4 Å². The Kier molecular flexibility index (Phi) is 3.45. The molecule has 2 amide bonds. The van der Waals surface area contributed by atoms with Crippen LogP contribution < -0.4 is 10.6 Å². The molecule has 0 saturated carbocycles. The van der Waals surface area contributed by atoms with Crippen molar-refractivity contribution in [2.75, 3.05) is 30.3 Å². The highest BCUT2D eigenvalue weighted by atomic mass is 16.2. The molecule has 2 aromatic carbocycles. The van der Waals surface area contributed by atoms with Crippen LogP contribution in [0.1, 0.15) is 18.4 Å². The monoisotopic (exact) mass is 307 g/mol. The molecule has 0 radical (unpaired) electrons. The molecule has 0 unspecified atom stereocenters. The Labute approximate surface area is 136 Å². The summed E-state index contributed by atoms with van der Waals surface area (Å²) in [5.41, 5.74) is 3.73. The quantitative estimate of drug-likeness (QED) is 0.844. The maximum atomic E-state index is 12.4. The van der Waals surface area contributed by atoms with Crippen LogP contribution in [0, 0.1) is 0 Å². The fraction of sp³-hybridized carbons (Fsp3) is 0.316. The minimum Gasteiger partial charge on any atom is -0.384 e. The van der Waals surface area contributed by atoms with Crippen LogP contribution in [-0.2, 0) is 5.41 Å². The molecule has 0 bridgehead atoms. The van der Waals surface area contributed by atoms with Crippen molar-refractivity contribution in [3.63, 3.8) is 0 Å². The van der Waals surface area contributed by atoms with Crippen molar-refractivity contribution >= 4 is 17.4 Å². The van der Waals surface area contributed by atoms with Crippen LogP contribution in [0.5, 0.6) is 0 Å². The number of piperidine rings is 1. The van der Waals surface area contributed by atoms with E-state index in [0.29, 0.717) is 0 Å². The van der Waals surface area contributed by atoms with Gasteiger partial charge in [0, 0.05) is 36.4 Å². The molecule has 0 atom stereocenters. The minimum atomic E-state index is 0.00490. The SMILES string of the molecule is O=C(Nc1ccccc1)N1CCC2(CC1)CNc1ccccc12. The highest BCUT2D eigenvalue weighted by molar-refractivity contribution is 5.89. The molecule has 2 aliphatic rings. The zero-order valence-corrected chi connectivity index (χ0v) is 13.1. The maximum absolute atomic E-state index is 12.4. The molecule has 1 saturated heterocycles. The molecule has 4 nitrogen and oxygen atoms in total. The van der Waals surface area contributed by atoms with Gasteiger partial charge in [0.2, 0.25) is 0 Å². The summed E-state index contributed by atoms with van der Waals surface area (Å²) in [5, 5.41) is 6.51. The van der Waals surface area contributed by atoms with Gasteiger partial charge in [0.1, 0.15) is 0 Å². The number of urea groups is 1. The second kappa shape index (κ2) is 5.61. The molecule has 23 heavy (non-hydrogen) atoms. The average Bonchev–Trinajstić information content (AvgIpc) is 2.95. The van der Waals surface area contributed by atoms with E-state index in [2.05, 4.69) is 34.9 Å². The van der Waals surface area contributed by atoms with Crippen LogP contribution in [0.25, 0.3) is 0 Å². The number of anilines is 2. The summed E-state index contributed by atoms with van der Waals surface area (Å²) < 4.78 is 0. The number of fused-ring (bicyclic) bond motifs is 2. The normalized spacial score (nSPS) is 18.3. The molecule has 4 rings (SSSR count). The van der Waals surface area contributed by atoms with Gasteiger partial charge < -0.3 is 15.5 Å². The number of para-hydroxylation sites is 2. The van der Waals surface area contributed by atoms with Gasteiger partial charge in [0.05, 0.1) is 0 Å². The Morgan fingerprint density at radius 1 is 1.00 bits per heavy atom. The molecule has 2 heterocycles. The van der Waals surface area contributed by atoms with Gasteiger partial charge in [-0.1, -0.05) is 36.4 Å². The Morgan fingerprint density at radius 3 is 2.48 bits per heavy atom. The molecule has 0 aliphatic carbocycles. The zero-order chi connectivity index (χ0) is 15.7. The number of rotatable bonds is 1. The van der Waals surface area contributed by atoms with Crippen LogP contribution in [0.3, 0.4) is 0 Å². The van der Waals surface area contributed by atoms with Crippen LogP contribution in [0.2, 0.25) is 0 Å². The summed E-state index contributed by atoms with van der Waals surface area (Å²) in [5.74, 6) is 0. The second-order valence-corrected chi connectivity index (χ2v) is 6.46. The number of hydrogen-bond donors (Lipinski definition) is 2. The van der Waals surface area contributed by atoms with Crippen molar-refractivity contribution in [1.82, 2.24) is 4.90 Å². The number of carbonyl (C=O) groups is 1. The molecule has 1 fully saturated rings. The molecule has 2 N–H and O–H groups in total. The van der Waals surface area contributed by atoms with Gasteiger partial charge in [-0.05, 0) is 36.6 Å². The van der Waals surface area contributed by atoms with Gasteiger partial charge >= 0.3 is 6.03 Å². The third kappa shape index (κ3) is 2.54. The predicted octanol–water partition coefficient (Wildman–Crippen LogP) is 3.68. The van der Waals surface area contributed by atoms with Crippen LogP contribution >= 0.6 is 0 Å². The Morgan fingerprint density at radius 2 is 1.70 bits per heavy atom. The Bertz CT molecular complexity index is 706. The minimum absolute atomic E-state index is 0.00490. The van der Waals surface area contributed by atoms with Gasteiger partial charge in [0.15, 0.2) is 0 Å². The molecule has 0 aromatic heterocycles. The van der Waals surface area contributed by atoms with E-state index >= 15 is 0 Å². The van der Waals surface area contributed by atoms with E-state index in [1.165, 1.54) is 11.3 Å². The number of likely N-dealkylation sites (tertiary alicyclic amines) is 1. The first-order valence-corrected chi connectivity index (χ1v) is 8.21. The Hall–Kier alpha value is -2.49. The number of amides is 2. The molecule has 1 spiro atoms. The first-order chi connectivity index (χ1) is 11.3. The predicted molar refractivity (Wildman–Crippen MR) is 92.9 cm³/mol. The molecule has 4 heteroatoms. The summed E-state index contributed by atoms with van der Waals surface area (Å²) in [6, 6.07) is 18.2. The Balaban J connectivity index is 1.43. The lowest BCUT2D eigenvalue weighted by molar-refractivity contribution is 0.174. The largest absolute Gasteiger partial charge is 0.384 e. The number of benzene rings is 2. The smallest absolute Gasteiger partial charge is 0.321 e. The maximum Gasteiger partial charge on any atom is 0.321 e.